The summed E-state index contributed by atoms with van der Waals surface area (Å²) in [5, 5.41) is 9.86. The van der Waals surface area contributed by atoms with Crippen molar-refractivity contribution in [3.8, 4) is 0 Å². The highest BCUT2D eigenvalue weighted by atomic mass is 16.5. The van der Waals surface area contributed by atoms with Crippen LogP contribution in [0.1, 0.15) is 41.0 Å². The van der Waals surface area contributed by atoms with Crippen molar-refractivity contribution < 1.29 is 9.84 Å². The van der Waals surface area contributed by atoms with E-state index in [2.05, 4.69) is 27.4 Å². The summed E-state index contributed by atoms with van der Waals surface area (Å²) in [7, 11) is 0. The third-order valence-corrected chi connectivity index (χ3v) is 3.57. The number of hydrogen-bond donors (Lipinski definition) is 1. The van der Waals surface area contributed by atoms with E-state index in [0.717, 1.165) is 25.0 Å². The van der Waals surface area contributed by atoms with Crippen molar-refractivity contribution in [3.63, 3.8) is 0 Å². The fraction of sp³-hybridized carbons (Fsp3) is 0.733. The lowest BCUT2D eigenvalue weighted by Gasteiger charge is -2.36. The summed E-state index contributed by atoms with van der Waals surface area (Å²) in [6.45, 7) is 11.0. The first-order chi connectivity index (χ1) is 7.61. The van der Waals surface area contributed by atoms with Crippen molar-refractivity contribution in [3.05, 3.63) is 24.3 Å². The van der Waals surface area contributed by atoms with Crippen molar-refractivity contribution in [1.29, 1.82) is 0 Å². The highest BCUT2D eigenvalue weighted by Gasteiger charge is 2.33. The number of unbranched alkanes of at least 4 members (excludes halogenated alkanes) is 1. The Morgan fingerprint density at radius 1 is 1.41 bits per heavy atom. The van der Waals surface area contributed by atoms with Crippen LogP contribution >= 0.6 is 0 Å². The van der Waals surface area contributed by atoms with Gasteiger partial charge in [0.25, 0.3) is 0 Å². The average Bonchev–Trinajstić information content (AvgIpc) is 2.29. The van der Waals surface area contributed by atoms with Gasteiger partial charge in [0.2, 0.25) is 0 Å². The zero-order valence-corrected chi connectivity index (χ0v) is 10.6. The van der Waals surface area contributed by atoms with Crippen LogP contribution in [0, 0.1) is 11.8 Å². The van der Waals surface area contributed by atoms with Crippen LogP contribution in [0.25, 0.3) is 0 Å². The van der Waals surface area contributed by atoms with Gasteiger partial charge < -0.3 is 9.84 Å². The maximum atomic E-state index is 9.86. The Morgan fingerprint density at radius 2 is 2.06 bits per heavy atom. The molecule has 4 unspecified atom stereocenters. The van der Waals surface area contributed by atoms with Gasteiger partial charge in [0.15, 0.2) is 0 Å². The summed E-state index contributed by atoms with van der Waals surface area (Å²) in [6, 6.07) is 0. The average molecular weight is 240 g/mol. The van der Waals surface area contributed by atoms with Crippen LogP contribution in [0.2, 0.25) is 0 Å². The lowest BCUT2D eigenvalue weighted by Crippen LogP contribution is -2.38. The Hall–Kier alpha value is -0.600. The molecule has 0 aromatic heterocycles. The van der Waals surface area contributed by atoms with Crippen LogP contribution in [0.5, 0.6) is 0 Å². The van der Waals surface area contributed by atoms with Gasteiger partial charge in [-0.25, -0.2) is 0 Å². The Bertz CT molecular complexity index is 258. The first kappa shape index (κ1) is 16.4. The lowest BCUT2D eigenvalue weighted by molar-refractivity contribution is -0.00772. The number of aliphatic hydroxyl groups is 1. The molecular weight excluding hydrogens is 212 g/mol. The molecule has 100 valence electrons. The highest BCUT2D eigenvalue weighted by molar-refractivity contribution is 5.27. The van der Waals surface area contributed by atoms with Crippen LogP contribution in [-0.2, 0) is 4.74 Å². The molecule has 0 saturated heterocycles. The molecule has 0 fully saturated rings. The van der Waals surface area contributed by atoms with E-state index in [1.165, 1.54) is 0 Å². The summed E-state index contributed by atoms with van der Waals surface area (Å²) in [4.78, 5) is 0. The smallest absolute Gasteiger partial charge is 0.0851 e. The van der Waals surface area contributed by atoms with Gasteiger partial charge in [-0.2, -0.15) is 0 Å². The van der Waals surface area contributed by atoms with Crippen molar-refractivity contribution in [1.82, 2.24) is 0 Å². The van der Waals surface area contributed by atoms with Gasteiger partial charge in [0.05, 0.1) is 12.2 Å². The number of aliphatic hydroxyl groups excluding tert-OH is 1. The molecule has 0 spiro atoms. The molecule has 0 amide bonds. The van der Waals surface area contributed by atoms with Gasteiger partial charge >= 0.3 is 0 Å². The molecule has 2 heteroatoms. The molecular formula is C15H28O2. The second-order valence-corrected chi connectivity index (χ2v) is 4.72. The Balaban J connectivity index is 0.00000256. The molecule has 1 aliphatic carbocycles. The molecule has 0 aliphatic heterocycles. The highest BCUT2D eigenvalue weighted by Crippen LogP contribution is 2.32. The normalized spacial score (nSPS) is 32.6. The first-order valence-electron chi connectivity index (χ1n) is 6.25. The fourth-order valence-corrected chi connectivity index (χ4v) is 2.12. The molecule has 17 heavy (non-hydrogen) atoms. The molecule has 2 nitrogen and oxygen atoms in total. The quantitative estimate of drug-likeness (QED) is 0.744. The standard InChI is InChI=1S/C14H24O2.CH4/c1-5-7-8-16-14-11(4)10(3)13(15)9-12(14)6-2;/h6,9-11,13-15H,2,5,7-8H2,1,3-4H3;1H4. The maximum absolute atomic E-state index is 9.86. The second kappa shape index (κ2) is 7.67. The van der Waals surface area contributed by atoms with Crippen molar-refractivity contribution >= 4 is 0 Å². The Morgan fingerprint density at radius 3 is 2.59 bits per heavy atom. The molecule has 4 atom stereocenters. The molecule has 1 rings (SSSR count). The fourth-order valence-electron chi connectivity index (χ4n) is 2.12. The molecule has 0 radical (unpaired) electrons. The number of hydrogen-bond acceptors (Lipinski definition) is 2. The lowest BCUT2D eigenvalue weighted by atomic mass is 9.78. The van der Waals surface area contributed by atoms with Crippen molar-refractivity contribution in [2.75, 3.05) is 6.61 Å². The van der Waals surface area contributed by atoms with Crippen LogP contribution in [0.3, 0.4) is 0 Å². The monoisotopic (exact) mass is 240 g/mol. The molecule has 0 aromatic rings. The zero-order chi connectivity index (χ0) is 12.1. The first-order valence-corrected chi connectivity index (χ1v) is 6.25. The predicted octanol–water partition coefficient (Wildman–Crippen LogP) is 3.57. The van der Waals surface area contributed by atoms with E-state index in [0.29, 0.717) is 5.92 Å². The van der Waals surface area contributed by atoms with Gasteiger partial charge in [-0.1, -0.05) is 53.3 Å². The van der Waals surface area contributed by atoms with E-state index in [4.69, 9.17) is 4.74 Å². The summed E-state index contributed by atoms with van der Waals surface area (Å²) >= 11 is 0. The van der Waals surface area contributed by atoms with E-state index >= 15 is 0 Å². The van der Waals surface area contributed by atoms with E-state index in [1.54, 1.807) is 0 Å². The largest absolute Gasteiger partial charge is 0.389 e. The van der Waals surface area contributed by atoms with Crippen molar-refractivity contribution in [2.24, 2.45) is 11.8 Å². The van der Waals surface area contributed by atoms with E-state index in [9.17, 15) is 5.11 Å². The summed E-state index contributed by atoms with van der Waals surface area (Å²) in [6.07, 6.45) is 5.66. The minimum absolute atomic E-state index is 0. The van der Waals surface area contributed by atoms with Crippen molar-refractivity contribution in [2.45, 2.75) is 53.2 Å². The van der Waals surface area contributed by atoms with Gasteiger partial charge in [-0.3, -0.25) is 0 Å². The molecule has 1 N–H and O–H groups in total. The minimum Gasteiger partial charge on any atom is -0.389 e. The van der Waals surface area contributed by atoms with Crippen LogP contribution in [-0.4, -0.2) is 23.9 Å². The molecule has 1 aliphatic rings. The Labute approximate surface area is 106 Å². The van der Waals surface area contributed by atoms with Gasteiger partial charge in [0.1, 0.15) is 0 Å². The third-order valence-electron chi connectivity index (χ3n) is 3.57. The van der Waals surface area contributed by atoms with E-state index in [1.807, 2.05) is 12.2 Å². The Kier molecular flexibility index (Phi) is 7.40. The molecule has 0 bridgehead atoms. The van der Waals surface area contributed by atoms with Gasteiger partial charge in [-0.05, 0) is 23.8 Å². The molecule has 0 saturated carbocycles. The zero-order valence-electron chi connectivity index (χ0n) is 10.6. The summed E-state index contributed by atoms with van der Waals surface area (Å²) < 4.78 is 5.91. The summed E-state index contributed by atoms with van der Waals surface area (Å²) in [5.41, 5.74) is 1.04. The minimum atomic E-state index is -0.367. The maximum Gasteiger partial charge on any atom is 0.0851 e. The van der Waals surface area contributed by atoms with Crippen LogP contribution in [0.15, 0.2) is 24.3 Å². The molecule has 0 heterocycles. The topological polar surface area (TPSA) is 29.5 Å². The van der Waals surface area contributed by atoms with E-state index < -0.39 is 0 Å². The van der Waals surface area contributed by atoms with E-state index in [-0.39, 0.29) is 25.6 Å². The SMILES string of the molecule is C.C=CC1=CC(O)C(C)C(C)C1OCCCC. The van der Waals surface area contributed by atoms with Crippen LogP contribution < -0.4 is 0 Å². The third kappa shape index (κ3) is 3.97. The predicted molar refractivity (Wildman–Crippen MR) is 74.0 cm³/mol. The second-order valence-electron chi connectivity index (χ2n) is 4.72. The molecule has 0 aromatic carbocycles. The van der Waals surface area contributed by atoms with Crippen LogP contribution in [0.4, 0.5) is 0 Å². The number of ether oxygens (including phenoxy) is 1. The summed E-state index contributed by atoms with van der Waals surface area (Å²) in [5.74, 6) is 0.584. The van der Waals surface area contributed by atoms with Gasteiger partial charge in [0, 0.05) is 6.61 Å². The van der Waals surface area contributed by atoms with Gasteiger partial charge in [-0.15, -0.1) is 0 Å². The number of rotatable bonds is 5.